The van der Waals surface area contributed by atoms with Crippen LogP contribution in [0.4, 0.5) is 0 Å². The molecule has 0 fully saturated rings. The Hall–Kier alpha value is -4.07. The summed E-state index contributed by atoms with van der Waals surface area (Å²) in [4.78, 5) is 35.2. The molecule has 1 aromatic carbocycles. The predicted octanol–water partition coefficient (Wildman–Crippen LogP) is 4.74. The number of hydrogen-bond donors (Lipinski definition) is 1. The van der Waals surface area contributed by atoms with E-state index in [9.17, 15) is 9.59 Å². The van der Waals surface area contributed by atoms with Crippen LogP contribution in [0, 0.1) is 13.8 Å². The molecule has 3 heterocycles. The summed E-state index contributed by atoms with van der Waals surface area (Å²) >= 11 is 0. The number of hydrogen-bond acceptors (Lipinski definition) is 6. The minimum atomic E-state index is -0.266. The fourth-order valence-electron chi connectivity index (χ4n) is 4.49. The Morgan fingerprint density at radius 2 is 1.92 bits per heavy atom. The first kappa shape index (κ1) is 23.7. The molecule has 1 amide bonds. The van der Waals surface area contributed by atoms with Crippen LogP contribution in [0.5, 0.6) is 0 Å². The summed E-state index contributed by atoms with van der Waals surface area (Å²) in [5, 5.41) is 7.47. The van der Waals surface area contributed by atoms with E-state index < -0.39 is 0 Å². The smallest absolute Gasteiger partial charge is 0.263 e. The second kappa shape index (κ2) is 10.3. The molecule has 1 aliphatic carbocycles. The average Bonchev–Trinajstić information content (AvgIpc) is 3.37. The molecule has 3 aromatic heterocycles. The molecule has 184 valence electrons. The first-order valence-corrected chi connectivity index (χ1v) is 12.3. The number of carbonyl (C=O) groups excluding carboxylic acids is 1. The van der Waals surface area contributed by atoms with Crippen LogP contribution in [0.1, 0.15) is 43.4 Å². The Bertz CT molecular complexity index is 1500. The molecule has 5 rings (SSSR count). The topological polar surface area (TPSA) is 103 Å². The van der Waals surface area contributed by atoms with Gasteiger partial charge in [-0.25, -0.2) is 4.98 Å². The Morgan fingerprint density at radius 3 is 2.69 bits per heavy atom. The van der Waals surface area contributed by atoms with Crippen LogP contribution in [-0.2, 0) is 11.3 Å². The number of aromatic nitrogens is 4. The van der Waals surface area contributed by atoms with Crippen molar-refractivity contribution in [2.45, 2.75) is 52.5 Å². The number of nitrogens with one attached hydrogen (secondary N) is 1. The van der Waals surface area contributed by atoms with E-state index >= 15 is 0 Å². The van der Waals surface area contributed by atoms with E-state index in [-0.39, 0.29) is 29.3 Å². The highest BCUT2D eigenvalue weighted by Crippen LogP contribution is 2.23. The first-order valence-electron chi connectivity index (χ1n) is 12.3. The Kier molecular flexibility index (Phi) is 6.75. The molecule has 0 radical (unpaired) electrons. The Morgan fingerprint density at radius 1 is 1.08 bits per heavy atom. The average molecular weight is 484 g/mol. The monoisotopic (exact) mass is 483 g/mol. The molecule has 0 atom stereocenters. The van der Waals surface area contributed by atoms with Gasteiger partial charge in [-0.05, 0) is 58.1 Å². The molecule has 1 aliphatic rings. The van der Waals surface area contributed by atoms with Gasteiger partial charge in [-0.3, -0.25) is 9.59 Å². The number of allylic oxidation sites excluding steroid dienone is 1. The van der Waals surface area contributed by atoms with E-state index in [1.165, 1.54) is 18.4 Å². The van der Waals surface area contributed by atoms with Gasteiger partial charge in [0.25, 0.3) is 5.89 Å². The molecule has 0 saturated carbocycles. The van der Waals surface area contributed by atoms with E-state index in [0.717, 1.165) is 36.1 Å². The number of rotatable bonds is 7. The summed E-state index contributed by atoms with van der Waals surface area (Å²) in [7, 11) is 0. The second-order valence-corrected chi connectivity index (χ2v) is 9.32. The fraction of sp³-hybridized carbons (Fsp3) is 0.321. The van der Waals surface area contributed by atoms with E-state index in [1.807, 2.05) is 38.1 Å². The molecule has 8 heteroatoms. The van der Waals surface area contributed by atoms with Crippen molar-refractivity contribution in [1.82, 2.24) is 25.0 Å². The highest BCUT2D eigenvalue weighted by molar-refractivity contribution is 5.83. The third-order valence-corrected chi connectivity index (χ3v) is 6.49. The molecule has 0 aliphatic heterocycles. The summed E-state index contributed by atoms with van der Waals surface area (Å²) in [6, 6.07) is 11.2. The summed E-state index contributed by atoms with van der Waals surface area (Å²) in [6.45, 7) is 4.47. The van der Waals surface area contributed by atoms with E-state index in [0.29, 0.717) is 23.4 Å². The van der Waals surface area contributed by atoms with E-state index in [4.69, 9.17) is 4.52 Å². The van der Waals surface area contributed by atoms with Gasteiger partial charge < -0.3 is 14.4 Å². The van der Waals surface area contributed by atoms with Crippen LogP contribution in [0.2, 0.25) is 0 Å². The summed E-state index contributed by atoms with van der Waals surface area (Å²) < 4.78 is 7.16. The standard InChI is InChI=1S/C28H29N5O3/c1-18-8-11-21(12-9-18)26-31-28(36-32-26)23-16-33(27-22(25(23)35)13-10-19(2)30-27)17-24(34)29-15-14-20-6-4-3-5-7-20/h6,8-13,16H,3-5,7,14-15,17H2,1-2H3,(H,29,34). The number of fused-ring (bicyclic) bond motifs is 1. The van der Waals surface area contributed by atoms with Crippen LogP contribution in [-0.4, -0.2) is 32.1 Å². The minimum Gasteiger partial charge on any atom is -0.354 e. The maximum atomic E-state index is 13.3. The van der Waals surface area contributed by atoms with Gasteiger partial charge in [0.2, 0.25) is 17.2 Å². The van der Waals surface area contributed by atoms with Crippen molar-refractivity contribution in [3.05, 3.63) is 75.7 Å². The molecular formula is C28H29N5O3. The summed E-state index contributed by atoms with van der Waals surface area (Å²) in [6.07, 6.45) is 9.45. The second-order valence-electron chi connectivity index (χ2n) is 9.32. The SMILES string of the molecule is Cc1ccc(-c2noc(-c3cn(CC(=O)NCCC4=CCCCC4)c4nc(C)ccc4c3=O)n2)cc1. The van der Waals surface area contributed by atoms with Gasteiger partial charge in [-0.2, -0.15) is 4.98 Å². The van der Waals surface area contributed by atoms with Crippen molar-refractivity contribution >= 4 is 16.9 Å². The van der Waals surface area contributed by atoms with Gasteiger partial charge in [0.1, 0.15) is 17.8 Å². The molecular weight excluding hydrogens is 454 g/mol. The van der Waals surface area contributed by atoms with Gasteiger partial charge >= 0.3 is 0 Å². The Balaban J connectivity index is 1.43. The number of nitrogens with zero attached hydrogens (tertiary/aromatic N) is 4. The molecule has 4 aromatic rings. The van der Waals surface area contributed by atoms with Crippen molar-refractivity contribution in [2.75, 3.05) is 6.54 Å². The number of carbonyl (C=O) groups is 1. The lowest BCUT2D eigenvalue weighted by Crippen LogP contribution is -2.29. The van der Waals surface area contributed by atoms with E-state index in [1.54, 1.807) is 22.9 Å². The molecule has 0 saturated heterocycles. The molecule has 0 spiro atoms. The number of amides is 1. The van der Waals surface area contributed by atoms with Crippen LogP contribution < -0.4 is 10.7 Å². The fourth-order valence-corrected chi connectivity index (χ4v) is 4.49. The van der Waals surface area contributed by atoms with Crippen molar-refractivity contribution in [1.29, 1.82) is 0 Å². The zero-order valence-corrected chi connectivity index (χ0v) is 20.6. The van der Waals surface area contributed by atoms with Gasteiger partial charge in [0, 0.05) is 24.0 Å². The van der Waals surface area contributed by atoms with Crippen molar-refractivity contribution in [2.24, 2.45) is 0 Å². The predicted molar refractivity (Wildman–Crippen MR) is 138 cm³/mol. The zero-order valence-electron chi connectivity index (χ0n) is 20.6. The highest BCUT2D eigenvalue weighted by Gasteiger charge is 2.19. The lowest BCUT2D eigenvalue weighted by Gasteiger charge is -2.14. The van der Waals surface area contributed by atoms with Crippen LogP contribution in [0.3, 0.4) is 0 Å². The highest BCUT2D eigenvalue weighted by atomic mass is 16.5. The van der Waals surface area contributed by atoms with Gasteiger partial charge in [0.15, 0.2) is 0 Å². The van der Waals surface area contributed by atoms with Gasteiger partial charge in [0.05, 0.1) is 5.39 Å². The molecule has 0 bridgehead atoms. The normalized spacial score (nSPS) is 13.6. The van der Waals surface area contributed by atoms with E-state index in [2.05, 4.69) is 26.5 Å². The van der Waals surface area contributed by atoms with Gasteiger partial charge in [-0.15, -0.1) is 0 Å². The third kappa shape index (κ3) is 5.12. The van der Waals surface area contributed by atoms with Crippen molar-refractivity contribution in [3.8, 4) is 22.8 Å². The molecule has 0 unspecified atom stereocenters. The quantitative estimate of drug-likeness (QED) is 0.381. The molecule has 36 heavy (non-hydrogen) atoms. The number of pyridine rings is 2. The van der Waals surface area contributed by atoms with Crippen molar-refractivity contribution in [3.63, 3.8) is 0 Å². The minimum absolute atomic E-state index is 0.0260. The maximum Gasteiger partial charge on any atom is 0.263 e. The third-order valence-electron chi connectivity index (χ3n) is 6.49. The van der Waals surface area contributed by atoms with Crippen molar-refractivity contribution < 1.29 is 9.32 Å². The largest absolute Gasteiger partial charge is 0.354 e. The lowest BCUT2D eigenvalue weighted by molar-refractivity contribution is -0.121. The summed E-state index contributed by atoms with van der Waals surface area (Å²) in [5.74, 6) is 0.362. The first-order chi connectivity index (χ1) is 17.5. The lowest BCUT2D eigenvalue weighted by atomic mass is 9.97. The van der Waals surface area contributed by atoms with Crippen LogP contribution >= 0.6 is 0 Å². The zero-order chi connectivity index (χ0) is 25.1. The summed E-state index contributed by atoms with van der Waals surface area (Å²) in [5.41, 5.74) is 4.50. The van der Waals surface area contributed by atoms with Crippen LogP contribution in [0.25, 0.3) is 33.9 Å². The Labute approximate surface area is 209 Å². The molecule has 8 nitrogen and oxygen atoms in total. The van der Waals surface area contributed by atoms with Crippen LogP contribution in [0.15, 0.2) is 63.6 Å². The number of aryl methyl sites for hydroxylation is 2. The number of benzene rings is 1. The molecule has 1 N–H and O–H groups in total. The van der Waals surface area contributed by atoms with Gasteiger partial charge in [-0.1, -0.05) is 46.6 Å². The maximum absolute atomic E-state index is 13.3.